The maximum atomic E-state index is 12.3. The Balaban J connectivity index is 1.43. The lowest BCUT2D eigenvalue weighted by Gasteiger charge is -2.26. The number of halogens is 1. The van der Waals surface area contributed by atoms with Crippen LogP contribution in [-0.2, 0) is 16.1 Å². The number of carbonyl (C=O) groups excluding carboxylic acids is 2. The lowest BCUT2D eigenvalue weighted by Crippen LogP contribution is -2.35. The van der Waals surface area contributed by atoms with Crippen LogP contribution in [0.1, 0.15) is 37.0 Å². The maximum absolute atomic E-state index is 12.3. The van der Waals surface area contributed by atoms with E-state index in [2.05, 4.69) is 15.8 Å². The Morgan fingerprint density at radius 1 is 1.12 bits per heavy atom. The van der Waals surface area contributed by atoms with E-state index in [9.17, 15) is 9.59 Å². The lowest BCUT2D eigenvalue weighted by molar-refractivity contribution is -0.128. The number of benzene rings is 1. The van der Waals surface area contributed by atoms with Gasteiger partial charge in [0.25, 0.3) is 0 Å². The molecule has 26 heavy (non-hydrogen) atoms. The number of amides is 2. The first-order valence-corrected chi connectivity index (χ1v) is 9.15. The normalized spacial score (nSPS) is 19.8. The van der Waals surface area contributed by atoms with Crippen molar-refractivity contribution in [3.63, 3.8) is 0 Å². The van der Waals surface area contributed by atoms with Crippen LogP contribution >= 0.6 is 11.6 Å². The van der Waals surface area contributed by atoms with Gasteiger partial charge in [-0.15, -0.1) is 0 Å². The van der Waals surface area contributed by atoms with Gasteiger partial charge in [-0.2, -0.15) is 0 Å². The Bertz CT molecular complexity index is 765. The predicted octanol–water partition coefficient (Wildman–Crippen LogP) is 3.70. The van der Waals surface area contributed by atoms with Crippen molar-refractivity contribution in [3.05, 3.63) is 46.7 Å². The fourth-order valence-corrected chi connectivity index (χ4v) is 3.33. The third-order valence-corrected chi connectivity index (χ3v) is 4.98. The van der Waals surface area contributed by atoms with Gasteiger partial charge < -0.3 is 15.2 Å². The first kappa shape index (κ1) is 18.5. The van der Waals surface area contributed by atoms with Gasteiger partial charge in [-0.1, -0.05) is 28.9 Å². The minimum atomic E-state index is -0.0904. The SMILES string of the molecule is Cc1cc(NC(=O)C2CCC(C(=O)NCc3ccc(Cl)cc3)CC2)no1. The average Bonchev–Trinajstić information content (AvgIpc) is 3.06. The smallest absolute Gasteiger partial charge is 0.228 e. The molecule has 1 aromatic heterocycles. The van der Waals surface area contributed by atoms with Gasteiger partial charge in [0.05, 0.1) is 0 Å². The number of nitrogens with zero attached hydrogens (tertiary/aromatic N) is 1. The molecule has 0 saturated heterocycles. The van der Waals surface area contributed by atoms with Crippen LogP contribution in [0.25, 0.3) is 0 Å². The van der Waals surface area contributed by atoms with Crippen molar-refractivity contribution >= 4 is 29.2 Å². The molecule has 0 radical (unpaired) electrons. The van der Waals surface area contributed by atoms with E-state index in [0.29, 0.717) is 48.8 Å². The second-order valence-electron chi connectivity index (χ2n) is 6.70. The molecule has 6 nitrogen and oxygen atoms in total. The number of hydrogen-bond donors (Lipinski definition) is 2. The zero-order valence-electron chi connectivity index (χ0n) is 14.6. The Kier molecular flexibility index (Phi) is 5.93. The van der Waals surface area contributed by atoms with E-state index in [1.807, 2.05) is 24.3 Å². The summed E-state index contributed by atoms with van der Waals surface area (Å²) < 4.78 is 4.95. The summed E-state index contributed by atoms with van der Waals surface area (Å²) in [5.41, 5.74) is 1.01. The highest BCUT2D eigenvalue weighted by atomic mass is 35.5. The van der Waals surface area contributed by atoms with Gasteiger partial charge in [-0.3, -0.25) is 9.59 Å². The molecule has 7 heteroatoms. The van der Waals surface area contributed by atoms with Gasteiger partial charge in [-0.25, -0.2) is 0 Å². The minimum Gasteiger partial charge on any atom is -0.360 e. The molecule has 1 aliphatic carbocycles. The van der Waals surface area contributed by atoms with Crippen molar-refractivity contribution < 1.29 is 14.1 Å². The average molecular weight is 376 g/mol. The topological polar surface area (TPSA) is 84.2 Å². The standard InChI is InChI=1S/C19H22ClN3O3/c1-12-10-17(23-26-12)22-19(25)15-6-4-14(5-7-15)18(24)21-11-13-2-8-16(20)9-3-13/h2-3,8-10,14-15H,4-7,11H2,1H3,(H,21,24)(H,22,23,25). The molecule has 0 unspecified atom stereocenters. The fraction of sp³-hybridized carbons (Fsp3) is 0.421. The molecule has 1 saturated carbocycles. The Labute approximate surface area is 157 Å². The summed E-state index contributed by atoms with van der Waals surface area (Å²) in [5, 5.41) is 10.2. The van der Waals surface area contributed by atoms with Crippen molar-refractivity contribution in [2.24, 2.45) is 11.8 Å². The first-order valence-electron chi connectivity index (χ1n) is 8.77. The lowest BCUT2D eigenvalue weighted by atomic mass is 9.81. The molecule has 2 aromatic rings. The van der Waals surface area contributed by atoms with E-state index in [4.69, 9.17) is 16.1 Å². The van der Waals surface area contributed by atoms with Crippen LogP contribution in [0.15, 0.2) is 34.9 Å². The summed E-state index contributed by atoms with van der Waals surface area (Å²) in [4.78, 5) is 24.6. The molecule has 1 aromatic carbocycles. The fourth-order valence-electron chi connectivity index (χ4n) is 3.21. The highest BCUT2D eigenvalue weighted by molar-refractivity contribution is 6.30. The third-order valence-electron chi connectivity index (χ3n) is 4.73. The highest BCUT2D eigenvalue weighted by Crippen LogP contribution is 2.30. The second kappa shape index (κ2) is 8.36. The number of aromatic nitrogens is 1. The number of carbonyl (C=O) groups is 2. The molecule has 1 heterocycles. The van der Waals surface area contributed by atoms with Crippen LogP contribution in [0, 0.1) is 18.8 Å². The Morgan fingerprint density at radius 2 is 1.73 bits per heavy atom. The van der Waals surface area contributed by atoms with Gasteiger partial charge in [-0.05, 0) is 50.3 Å². The number of aryl methyl sites for hydroxylation is 1. The molecule has 2 N–H and O–H groups in total. The number of nitrogens with one attached hydrogen (secondary N) is 2. The molecule has 2 amide bonds. The van der Waals surface area contributed by atoms with E-state index in [1.54, 1.807) is 13.0 Å². The Morgan fingerprint density at radius 3 is 2.31 bits per heavy atom. The van der Waals surface area contributed by atoms with Gasteiger partial charge >= 0.3 is 0 Å². The van der Waals surface area contributed by atoms with E-state index >= 15 is 0 Å². The van der Waals surface area contributed by atoms with Crippen molar-refractivity contribution in [2.45, 2.75) is 39.2 Å². The summed E-state index contributed by atoms with van der Waals surface area (Å²) in [7, 11) is 0. The molecular formula is C19H22ClN3O3. The van der Waals surface area contributed by atoms with E-state index < -0.39 is 0 Å². The quantitative estimate of drug-likeness (QED) is 0.834. The number of hydrogen-bond acceptors (Lipinski definition) is 4. The number of anilines is 1. The summed E-state index contributed by atoms with van der Waals surface area (Å²) in [6.45, 7) is 2.26. The zero-order valence-corrected chi connectivity index (χ0v) is 15.4. The van der Waals surface area contributed by atoms with Crippen LogP contribution in [0.5, 0.6) is 0 Å². The van der Waals surface area contributed by atoms with Crippen LogP contribution in [-0.4, -0.2) is 17.0 Å². The van der Waals surface area contributed by atoms with Gasteiger partial charge in [0.2, 0.25) is 11.8 Å². The molecule has 0 spiro atoms. The Hall–Kier alpha value is -2.34. The molecule has 1 aliphatic rings. The van der Waals surface area contributed by atoms with E-state index in [-0.39, 0.29) is 23.7 Å². The van der Waals surface area contributed by atoms with Gasteiger partial charge in [0.1, 0.15) is 5.76 Å². The van der Waals surface area contributed by atoms with Crippen LogP contribution < -0.4 is 10.6 Å². The van der Waals surface area contributed by atoms with E-state index in [0.717, 1.165) is 5.56 Å². The molecule has 138 valence electrons. The minimum absolute atomic E-state index is 0.0411. The second-order valence-corrected chi connectivity index (χ2v) is 7.14. The largest absolute Gasteiger partial charge is 0.360 e. The van der Waals surface area contributed by atoms with Crippen molar-refractivity contribution in [1.29, 1.82) is 0 Å². The molecule has 1 fully saturated rings. The van der Waals surface area contributed by atoms with Crippen LogP contribution in [0.4, 0.5) is 5.82 Å². The van der Waals surface area contributed by atoms with Crippen LogP contribution in [0.2, 0.25) is 5.02 Å². The zero-order chi connectivity index (χ0) is 18.5. The molecule has 0 atom stereocenters. The number of rotatable bonds is 5. The third kappa shape index (κ3) is 4.85. The van der Waals surface area contributed by atoms with Crippen molar-refractivity contribution in [1.82, 2.24) is 10.5 Å². The summed E-state index contributed by atoms with van der Waals surface area (Å²) in [5.74, 6) is 0.953. The van der Waals surface area contributed by atoms with E-state index in [1.165, 1.54) is 0 Å². The van der Waals surface area contributed by atoms with Crippen LogP contribution in [0.3, 0.4) is 0 Å². The maximum Gasteiger partial charge on any atom is 0.228 e. The summed E-state index contributed by atoms with van der Waals surface area (Å²) in [6, 6.07) is 9.10. The molecule has 3 rings (SSSR count). The molecule has 0 bridgehead atoms. The molecule has 0 aliphatic heterocycles. The monoisotopic (exact) mass is 375 g/mol. The van der Waals surface area contributed by atoms with Crippen molar-refractivity contribution in [2.75, 3.05) is 5.32 Å². The van der Waals surface area contributed by atoms with Crippen molar-refractivity contribution in [3.8, 4) is 0 Å². The predicted molar refractivity (Wildman–Crippen MR) is 98.6 cm³/mol. The first-order chi connectivity index (χ1) is 12.5. The molecular weight excluding hydrogens is 354 g/mol. The summed E-state index contributed by atoms with van der Waals surface area (Å²) >= 11 is 5.86. The highest BCUT2D eigenvalue weighted by Gasteiger charge is 2.30. The van der Waals surface area contributed by atoms with Gasteiger partial charge in [0.15, 0.2) is 5.82 Å². The summed E-state index contributed by atoms with van der Waals surface area (Å²) in [6.07, 6.45) is 2.81. The van der Waals surface area contributed by atoms with Gasteiger partial charge in [0, 0.05) is 29.5 Å².